The van der Waals surface area contributed by atoms with Gasteiger partial charge in [0.25, 0.3) is 6.43 Å². The molecule has 0 radical (unpaired) electrons. The van der Waals surface area contributed by atoms with Crippen molar-refractivity contribution in [3.63, 3.8) is 0 Å². The number of carboxylic acids is 1. The lowest BCUT2D eigenvalue weighted by Gasteiger charge is -2.02. The molecule has 1 heterocycles. The standard InChI is InChI=1S/C9H10F2N2O3/c10-7(11)5-16-4-2-8-12-3-1-6(13-8)9(14)15/h1,3,7H,2,4-5H2,(H,14,15). The van der Waals surface area contributed by atoms with Crippen molar-refractivity contribution >= 4 is 5.97 Å². The summed E-state index contributed by atoms with van der Waals surface area (Å²) in [6, 6.07) is 1.26. The van der Waals surface area contributed by atoms with Gasteiger partial charge in [-0.3, -0.25) is 0 Å². The van der Waals surface area contributed by atoms with Crippen molar-refractivity contribution in [3.05, 3.63) is 23.8 Å². The molecule has 0 aliphatic carbocycles. The van der Waals surface area contributed by atoms with E-state index in [2.05, 4.69) is 14.7 Å². The van der Waals surface area contributed by atoms with Crippen LogP contribution in [0.3, 0.4) is 0 Å². The Bertz CT molecular complexity index is 360. The molecule has 0 atom stereocenters. The van der Waals surface area contributed by atoms with Crippen molar-refractivity contribution < 1.29 is 23.4 Å². The van der Waals surface area contributed by atoms with E-state index in [1.807, 2.05) is 0 Å². The molecule has 0 spiro atoms. The first-order valence-electron chi connectivity index (χ1n) is 4.50. The number of aromatic carboxylic acids is 1. The molecular formula is C9H10F2N2O3. The summed E-state index contributed by atoms with van der Waals surface area (Å²) in [6.45, 7) is -0.605. The van der Waals surface area contributed by atoms with Crippen LogP contribution in [0.5, 0.6) is 0 Å². The summed E-state index contributed by atoms with van der Waals surface area (Å²) in [4.78, 5) is 18.1. The van der Waals surface area contributed by atoms with Gasteiger partial charge in [0.05, 0.1) is 6.61 Å². The van der Waals surface area contributed by atoms with Crippen molar-refractivity contribution in [1.82, 2.24) is 9.97 Å². The minimum absolute atomic E-state index is 0.0351. The normalized spacial score (nSPS) is 10.7. The molecule has 0 bridgehead atoms. The van der Waals surface area contributed by atoms with E-state index in [1.165, 1.54) is 12.3 Å². The van der Waals surface area contributed by atoms with Crippen molar-refractivity contribution in [2.45, 2.75) is 12.8 Å². The summed E-state index contributed by atoms with van der Waals surface area (Å²) in [7, 11) is 0. The number of hydrogen-bond donors (Lipinski definition) is 1. The molecule has 0 amide bonds. The van der Waals surface area contributed by atoms with E-state index in [9.17, 15) is 13.6 Å². The molecular weight excluding hydrogens is 222 g/mol. The highest BCUT2D eigenvalue weighted by Gasteiger charge is 2.06. The van der Waals surface area contributed by atoms with E-state index >= 15 is 0 Å². The Kier molecular flexibility index (Phi) is 4.71. The molecule has 0 aromatic carbocycles. The first-order chi connectivity index (χ1) is 7.59. The van der Waals surface area contributed by atoms with Crippen molar-refractivity contribution in [2.24, 2.45) is 0 Å². The molecule has 7 heteroatoms. The first kappa shape index (κ1) is 12.4. The fourth-order valence-electron chi connectivity index (χ4n) is 0.975. The molecule has 16 heavy (non-hydrogen) atoms. The summed E-state index contributed by atoms with van der Waals surface area (Å²) < 4.78 is 28.0. The Morgan fingerprint density at radius 2 is 2.31 bits per heavy atom. The Labute approximate surface area is 90.1 Å². The van der Waals surface area contributed by atoms with Gasteiger partial charge >= 0.3 is 5.97 Å². The Morgan fingerprint density at radius 1 is 1.56 bits per heavy atom. The third-order valence-corrected chi connectivity index (χ3v) is 1.64. The van der Waals surface area contributed by atoms with Crippen molar-refractivity contribution in [1.29, 1.82) is 0 Å². The second kappa shape index (κ2) is 6.06. The largest absolute Gasteiger partial charge is 0.477 e. The number of alkyl halides is 2. The number of ether oxygens (including phenoxy) is 1. The summed E-state index contributed by atoms with van der Waals surface area (Å²) in [6.07, 6.45) is -1.00. The molecule has 0 aliphatic rings. The maximum atomic E-state index is 11.7. The van der Waals surface area contributed by atoms with Crippen LogP contribution in [-0.2, 0) is 11.2 Å². The van der Waals surface area contributed by atoms with Gasteiger partial charge < -0.3 is 9.84 Å². The lowest BCUT2D eigenvalue weighted by atomic mass is 10.3. The lowest BCUT2D eigenvalue weighted by Crippen LogP contribution is -2.10. The number of carbonyl (C=O) groups is 1. The van der Waals surface area contributed by atoms with Gasteiger partial charge in [0.15, 0.2) is 5.69 Å². The molecule has 0 saturated heterocycles. The summed E-state index contributed by atoms with van der Waals surface area (Å²) in [5, 5.41) is 8.63. The highest BCUT2D eigenvalue weighted by molar-refractivity contribution is 5.85. The number of aromatic nitrogens is 2. The maximum Gasteiger partial charge on any atom is 0.354 e. The fourth-order valence-corrected chi connectivity index (χ4v) is 0.975. The summed E-state index contributed by atoms with van der Waals surface area (Å²) in [5.41, 5.74) is -0.126. The predicted octanol–water partition coefficient (Wildman–Crippen LogP) is 0.999. The highest BCUT2D eigenvalue weighted by Crippen LogP contribution is 1.98. The Balaban J connectivity index is 2.42. The molecule has 0 unspecified atom stereocenters. The van der Waals surface area contributed by atoms with Gasteiger partial charge in [0.2, 0.25) is 0 Å². The van der Waals surface area contributed by atoms with E-state index in [0.717, 1.165) is 0 Å². The van der Waals surface area contributed by atoms with Crippen LogP contribution in [0.4, 0.5) is 8.78 Å². The van der Waals surface area contributed by atoms with Crippen LogP contribution in [0, 0.1) is 0 Å². The van der Waals surface area contributed by atoms with Crippen LogP contribution in [0.2, 0.25) is 0 Å². The van der Waals surface area contributed by atoms with Gasteiger partial charge in [-0.2, -0.15) is 0 Å². The molecule has 1 N–H and O–H groups in total. The van der Waals surface area contributed by atoms with E-state index in [4.69, 9.17) is 5.11 Å². The summed E-state index contributed by atoms with van der Waals surface area (Å²) in [5.74, 6) is -0.897. The van der Waals surface area contributed by atoms with Gasteiger partial charge in [-0.05, 0) is 6.07 Å². The smallest absolute Gasteiger partial charge is 0.354 e. The number of carboxylic acid groups (broad SMARTS) is 1. The predicted molar refractivity (Wildman–Crippen MR) is 49.5 cm³/mol. The zero-order valence-electron chi connectivity index (χ0n) is 8.27. The highest BCUT2D eigenvalue weighted by atomic mass is 19.3. The van der Waals surface area contributed by atoms with Crippen LogP contribution in [0.15, 0.2) is 12.3 Å². The zero-order valence-corrected chi connectivity index (χ0v) is 8.27. The number of halogens is 2. The van der Waals surface area contributed by atoms with Gasteiger partial charge in [-0.25, -0.2) is 23.5 Å². The topological polar surface area (TPSA) is 72.3 Å². The fraction of sp³-hybridized carbons (Fsp3) is 0.444. The average Bonchev–Trinajstić information content (AvgIpc) is 2.24. The summed E-state index contributed by atoms with van der Waals surface area (Å²) >= 11 is 0. The van der Waals surface area contributed by atoms with E-state index < -0.39 is 19.0 Å². The van der Waals surface area contributed by atoms with Gasteiger partial charge in [-0.1, -0.05) is 0 Å². The molecule has 1 aromatic rings. The Hall–Kier alpha value is -1.63. The van der Waals surface area contributed by atoms with Gasteiger partial charge in [0, 0.05) is 12.6 Å². The van der Waals surface area contributed by atoms with Crippen molar-refractivity contribution in [3.8, 4) is 0 Å². The molecule has 0 fully saturated rings. The Morgan fingerprint density at radius 3 is 2.94 bits per heavy atom. The second-order valence-electron chi connectivity index (χ2n) is 2.88. The number of hydrogen-bond acceptors (Lipinski definition) is 4. The van der Waals surface area contributed by atoms with E-state index in [1.54, 1.807) is 0 Å². The maximum absolute atomic E-state index is 11.7. The molecule has 5 nitrogen and oxygen atoms in total. The minimum atomic E-state index is -2.51. The molecule has 0 saturated carbocycles. The van der Waals surface area contributed by atoms with Crippen molar-refractivity contribution in [2.75, 3.05) is 13.2 Å². The SMILES string of the molecule is O=C(O)c1ccnc(CCOCC(F)F)n1. The van der Waals surface area contributed by atoms with Crippen LogP contribution in [0.25, 0.3) is 0 Å². The zero-order chi connectivity index (χ0) is 12.0. The average molecular weight is 232 g/mol. The molecule has 1 rings (SSSR count). The van der Waals surface area contributed by atoms with Crippen LogP contribution < -0.4 is 0 Å². The monoisotopic (exact) mass is 232 g/mol. The lowest BCUT2D eigenvalue weighted by molar-refractivity contribution is 0.0182. The van der Waals surface area contributed by atoms with Crippen LogP contribution in [-0.4, -0.2) is 40.7 Å². The third kappa shape index (κ3) is 4.26. The van der Waals surface area contributed by atoms with E-state index in [0.29, 0.717) is 0 Å². The van der Waals surface area contributed by atoms with Crippen LogP contribution >= 0.6 is 0 Å². The molecule has 0 aliphatic heterocycles. The molecule has 88 valence electrons. The van der Waals surface area contributed by atoms with E-state index in [-0.39, 0.29) is 24.5 Å². The second-order valence-corrected chi connectivity index (χ2v) is 2.88. The molecule has 1 aromatic heterocycles. The minimum Gasteiger partial charge on any atom is -0.477 e. The van der Waals surface area contributed by atoms with Gasteiger partial charge in [0.1, 0.15) is 12.4 Å². The van der Waals surface area contributed by atoms with Crippen LogP contribution in [0.1, 0.15) is 16.3 Å². The number of nitrogens with zero attached hydrogens (tertiary/aromatic N) is 2. The van der Waals surface area contributed by atoms with Gasteiger partial charge in [-0.15, -0.1) is 0 Å². The number of rotatable bonds is 6. The quantitative estimate of drug-likeness (QED) is 0.741. The first-order valence-corrected chi connectivity index (χ1v) is 4.50. The third-order valence-electron chi connectivity index (χ3n) is 1.64.